The molecule has 0 unspecified atom stereocenters. The molecule has 0 aliphatic carbocycles. The van der Waals surface area contributed by atoms with Gasteiger partial charge in [-0.05, 0) is 17.1 Å². The fraction of sp³-hybridized carbons (Fsp3) is 0.333. The second-order valence-electron chi connectivity index (χ2n) is 3.99. The van der Waals surface area contributed by atoms with Gasteiger partial charge in [-0.1, -0.05) is 12.1 Å². The predicted octanol–water partition coefficient (Wildman–Crippen LogP) is -1.51. The summed E-state index contributed by atoms with van der Waals surface area (Å²) in [6, 6.07) is 4.68. The maximum Gasteiger partial charge on any atom is 0.488 e. The molecule has 0 saturated carbocycles. The van der Waals surface area contributed by atoms with Crippen molar-refractivity contribution in [3.8, 4) is 0 Å². The summed E-state index contributed by atoms with van der Waals surface area (Å²) < 4.78 is 26.1. The molecule has 17 heavy (non-hydrogen) atoms. The number of rotatable bonds is 1. The maximum absolute atomic E-state index is 11.8. The first-order valence-corrected chi connectivity index (χ1v) is 6.43. The molecule has 0 fully saturated rings. The van der Waals surface area contributed by atoms with Gasteiger partial charge < -0.3 is 10.0 Å². The molecule has 2 rings (SSSR count). The molecule has 1 aromatic rings. The molecule has 0 radical (unpaired) electrons. The van der Waals surface area contributed by atoms with E-state index in [1.54, 1.807) is 12.1 Å². The van der Waals surface area contributed by atoms with Crippen molar-refractivity contribution in [2.75, 3.05) is 18.4 Å². The average Bonchev–Trinajstić information content (AvgIpc) is 2.26. The van der Waals surface area contributed by atoms with Crippen LogP contribution in [-0.4, -0.2) is 44.0 Å². The highest BCUT2D eigenvalue weighted by atomic mass is 32.2. The van der Waals surface area contributed by atoms with Gasteiger partial charge in [0.15, 0.2) is 0 Å². The van der Waals surface area contributed by atoms with Gasteiger partial charge in [0.2, 0.25) is 0 Å². The van der Waals surface area contributed by atoms with Gasteiger partial charge in [0, 0.05) is 20.6 Å². The molecule has 1 aromatic carbocycles. The Kier molecular flexibility index (Phi) is 2.90. The standard InChI is InChI=1S/C9H13BN2O4S/c1-11-6-7-5-8(10(13)14)3-4-9(7)12(2)17(11,15)16/h3-5,13-14H,6H2,1-2H3. The molecule has 1 aliphatic heterocycles. The zero-order chi connectivity index (χ0) is 12.8. The van der Waals surface area contributed by atoms with Crippen LogP contribution in [0.4, 0.5) is 5.69 Å². The number of hydrogen-bond acceptors (Lipinski definition) is 4. The molecule has 1 aliphatic rings. The largest absolute Gasteiger partial charge is 0.488 e. The number of anilines is 1. The van der Waals surface area contributed by atoms with Crippen LogP contribution in [0.3, 0.4) is 0 Å². The van der Waals surface area contributed by atoms with Gasteiger partial charge in [0.05, 0.1) is 5.69 Å². The highest BCUT2D eigenvalue weighted by Gasteiger charge is 2.31. The van der Waals surface area contributed by atoms with E-state index in [4.69, 9.17) is 10.0 Å². The van der Waals surface area contributed by atoms with E-state index in [0.717, 1.165) is 5.56 Å². The molecule has 0 spiro atoms. The van der Waals surface area contributed by atoms with E-state index in [-0.39, 0.29) is 6.54 Å². The quantitative estimate of drug-likeness (QED) is 0.599. The number of fused-ring (bicyclic) bond motifs is 1. The van der Waals surface area contributed by atoms with Crippen LogP contribution < -0.4 is 9.77 Å². The second-order valence-corrected chi connectivity index (χ2v) is 6.06. The molecule has 0 saturated heterocycles. The Morgan fingerprint density at radius 3 is 2.53 bits per heavy atom. The molecule has 6 nitrogen and oxygen atoms in total. The normalized spacial score (nSPS) is 18.9. The van der Waals surface area contributed by atoms with E-state index in [1.165, 1.54) is 28.8 Å². The van der Waals surface area contributed by atoms with E-state index in [1.807, 2.05) is 0 Å². The van der Waals surface area contributed by atoms with Gasteiger partial charge in [-0.3, -0.25) is 4.31 Å². The molecular formula is C9H13BN2O4S. The van der Waals surface area contributed by atoms with Crippen LogP contribution in [-0.2, 0) is 16.8 Å². The van der Waals surface area contributed by atoms with Gasteiger partial charge in [-0.25, -0.2) is 0 Å². The minimum atomic E-state index is -3.44. The molecule has 0 atom stereocenters. The van der Waals surface area contributed by atoms with Crippen LogP contribution in [0.1, 0.15) is 5.56 Å². The van der Waals surface area contributed by atoms with Gasteiger partial charge in [0.25, 0.3) is 0 Å². The van der Waals surface area contributed by atoms with Gasteiger partial charge in [0.1, 0.15) is 0 Å². The number of nitrogens with zero attached hydrogens (tertiary/aromatic N) is 2. The van der Waals surface area contributed by atoms with Gasteiger partial charge in [-0.15, -0.1) is 0 Å². The smallest absolute Gasteiger partial charge is 0.423 e. The molecule has 92 valence electrons. The topological polar surface area (TPSA) is 81.1 Å². The Balaban J connectivity index is 2.54. The van der Waals surface area contributed by atoms with Crippen LogP contribution in [0.2, 0.25) is 0 Å². The lowest BCUT2D eigenvalue weighted by Gasteiger charge is -2.33. The maximum atomic E-state index is 11.8. The van der Waals surface area contributed by atoms with Crippen molar-refractivity contribution < 1.29 is 18.5 Å². The van der Waals surface area contributed by atoms with Crippen molar-refractivity contribution >= 4 is 28.5 Å². The fourth-order valence-electron chi connectivity index (χ4n) is 1.85. The van der Waals surface area contributed by atoms with Crippen LogP contribution in [0.15, 0.2) is 18.2 Å². The third-order valence-electron chi connectivity index (χ3n) is 2.87. The summed E-state index contributed by atoms with van der Waals surface area (Å²) in [5.41, 5.74) is 1.66. The van der Waals surface area contributed by atoms with Crippen LogP contribution >= 0.6 is 0 Å². The van der Waals surface area contributed by atoms with Crippen LogP contribution in [0.5, 0.6) is 0 Å². The Bertz CT molecular complexity index is 546. The van der Waals surface area contributed by atoms with Crippen molar-refractivity contribution in [2.24, 2.45) is 0 Å². The minimum absolute atomic E-state index is 0.225. The first-order valence-electron chi connectivity index (χ1n) is 5.03. The Morgan fingerprint density at radius 1 is 1.29 bits per heavy atom. The molecule has 0 amide bonds. The third-order valence-corrected chi connectivity index (χ3v) is 4.68. The molecular weight excluding hydrogens is 243 g/mol. The van der Waals surface area contributed by atoms with E-state index in [9.17, 15) is 8.42 Å². The summed E-state index contributed by atoms with van der Waals surface area (Å²) in [5, 5.41) is 18.1. The predicted molar refractivity (Wildman–Crippen MR) is 65.1 cm³/mol. The summed E-state index contributed by atoms with van der Waals surface area (Å²) in [6.45, 7) is 0.225. The molecule has 2 N–H and O–H groups in total. The van der Waals surface area contributed by atoms with E-state index >= 15 is 0 Å². The summed E-state index contributed by atoms with van der Waals surface area (Å²) in [6.07, 6.45) is 0. The van der Waals surface area contributed by atoms with E-state index < -0.39 is 17.3 Å². The van der Waals surface area contributed by atoms with Crippen molar-refractivity contribution in [1.82, 2.24) is 4.31 Å². The number of hydrogen-bond donors (Lipinski definition) is 2. The summed E-state index contributed by atoms with van der Waals surface area (Å²) in [7, 11) is -2.04. The van der Waals surface area contributed by atoms with E-state index in [2.05, 4.69) is 0 Å². The Labute approximate surface area is 100 Å². The lowest BCUT2D eigenvalue weighted by Crippen LogP contribution is -2.44. The van der Waals surface area contributed by atoms with Crippen molar-refractivity contribution in [3.63, 3.8) is 0 Å². The third kappa shape index (κ3) is 1.93. The van der Waals surface area contributed by atoms with Crippen molar-refractivity contribution in [1.29, 1.82) is 0 Å². The molecule has 1 heterocycles. The first kappa shape index (κ1) is 12.4. The zero-order valence-electron chi connectivity index (χ0n) is 9.53. The molecule has 0 aromatic heterocycles. The minimum Gasteiger partial charge on any atom is -0.423 e. The monoisotopic (exact) mass is 256 g/mol. The highest BCUT2D eigenvalue weighted by molar-refractivity contribution is 7.90. The van der Waals surface area contributed by atoms with Crippen molar-refractivity contribution in [3.05, 3.63) is 23.8 Å². The lowest BCUT2D eigenvalue weighted by atomic mass is 9.79. The summed E-state index contributed by atoms with van der Waals surface area (Å²) in [4.78, 5) is 0. The fourth-order valence-corrected chi connectivity index (χ4v) is 3.00. The van der Waals surface area contributed by atoms with Crippen molar-refractivity contribution in [2.45, 2.75) is 6.54 Å². The molecule has 8 heteroatoms. The van der Waals surface area contributed by atoms with Gasteiger partial charge >= 0.3 is 17.3 Å². The second kappa shape index (κ2) is 3.99. The van der Waals surface area contributed by atoms with Crippen LogP contribution in [0.25, 0.3) is 0 Å². The Hall–Kier alpha value is -1.09. The zero-order valence-corrected chi connectivity index (χ0v) is 10.3. The lowest BCUT2D eigenvalue weighted by molar-refractivity contribution is 0.425. The highest BCUT2D eigenvalue weighted by Crippen LogP contribution is 2.29. The SMILES string of the molecule is CN1Cc2cc(B(O)O)ccc2N(C)S1(=O)=O. The average molecular weight is 256 g/mol. The first-order chi connectivity index (χ1) is 7.84. The Morgan fingerprint density at radius 2 is 1.94 bits per heavy atom. The number of benzene rings is 1. The molecule has 0 bridgehead atoms. The van der Waals surface area contributed by atoms with Crippen LogP contribution in [0, 0.1) is 0 Å². The van der Waals surface area contributed by atoms with Gasteiger partial charge in [-0.2, -0.15) is 12.7 Å². The summed E-state index contributed by atoms with van der Waals surface area (Å²) >= 11 is 0. The van der Waals surface area contributed by atoms with E-state index in [0.29, 0.717) is 11.2 Å². The summed E-state index contributed by atoms with van der Waals surface area (Å²) in [5.74, 6) is 0.